The number of rotatable bonds is 7. The number of nitrogens with one attached hydrogen (secondary N) is 2. The van der Waals surface area contributed by atoms with Gasteiger partial charge in [0.25, 0.3) is 0 Å². The lowest BCUT2D eigenvalue weighted by Gasteiger charge is -2.29. The number of nitrogens with two attached hydrogens (primary N) is 1. The molecule has 0 aromatic heterocycles. The molecule has 4 N–H and O–H groups in total. The van der Waals surface area contributed by atoms with Gasteiger partial charge < -0.3 is 25.8 Å². The summed E-state index contributed by atoms with van der Waals surface area (Å²) in [7, 11) is 1.62. The van der Waals surface area contributed by atoms with Crippen molar-refractivity contribution in [2.24, 2.45) is 5.73 Å². The van der Waals surface area contributed by atoms with Gasteiger partial charge >= 0.3 is 0 Å². The molecule has 6 heteroatoms. The number of para-hydroxylation sites is 2. The molecule has 0 aliphatic carbocycles. The number of benzene rings is 3. The maximum absolute atomic E-state index is 13.1. The van der Waals surface area contributed by atoms with Crippen molar-refractivity contribution < 1.29 is 14.3 Å². The van der Waals surface area contributed by atoms with Gasteiger partial charge in [-0.05, 0) is 80.6 Å². The minimum Gasteiger partial charge on any atom is -0.493 e. The van der Waals surface area contributed by atoms with Crippen LogP contribution in [-0.4, -0.2) is 25.6 Å². The summed E-state index contributed by atoms with van der Waals surface area (Å²) in [6, 6.07) is 16.9. The molecule has 3 aromatic carbocycles. The molecule has 0 fully saturated rings. The summed E-state index contributed by atoms with van der Waals surface area (Å²) in [5.74, 6) is 1.84. The summed E-state index contributed by atoms with van der Waals surface area (Å²) in [5, 5.41) is 6.58. The van der Waals surface area contributed by atoms with Gasteiger partial charge in [-0.15, -0.1) is 0 Å². The van der Waals surface area contributed by atoms with Crippen molar-refractivity contribution in [2.45, 2.75) is 45.7 Å². The van der Waals surface area contributed by atoms with Gasteiger partial charge in [0.05, 0.1) is 19.2 Å². The third-order valence-electron chi connectivity index (χ3n) is 6.36. The summed E-state index contributed by atoms with van der Waals surface area (Å²) in [6.45, 7) is 7.01. The first kappa shape index (κ1) is 23.6. The Kier molecular flexibility index (Phi) is 7.08. The Morgan fingerprint density at radius 1 is 1.09 bits per heavy atom. The van der Waals surface area contributed by atoms with Gasteiger partial charge in [-0.2, -0.15) is 0 Å². The van der Waals surface area contributed by atoms with Gasteiger partial charge in [0.15, 0.2) is 11.5 Å². The van der Waals surface area contributed by atoms with E-state index in [-0.39, 0.29) is 11.9 Å². The Bertz CT molecular complexity index is 1170. The first-order valence-electron chi connectivity index (χ1n) is 11.7. The van der Waals surface area contributed by atoms with Crippen LogP contribution < -0.4 is 25.8 Å². The van der Waals surface area contributed by atoms with Crippen LogP contribution in [0.2, 0.25) is 0 Å². The normalized spacial score (nSPS) is 15.6. The Hall–Kier alpha value is -3.51. The van der Waals surface area contributed by atoms with Gasteiger partial charge in [0.2, 0.25) is 5.91 Å². The van der Waals surface area contributed by atoms with E-state index in [1.165, 1.54) is 16.7 Å². The van der Waals surface area contributed by atoms with Gasteiger partial charge in [-0.3, -0.25) is 4.79 Å². The number of carbonyl (C=O) groups is 1. The molecule has 1 amide bonds. The predicted octanol–water partition coefficient (Wildman–Crippen LogP) is 4.96. The molecule has 1 aliphatic rings. The maximum atomic E-state index is 13.1. The number of carbonyl (C=O) groups excluding carboxylic acids is 1. The first-order valence-corrected chi connectivity index (χ1v) is 11.7. The molecule has 0 bridgehead atoms. The van der Waals surface area contributed by atoms with E-state index in [1.807, 2.05) is 42.5 Å². The van der Waals surface area contributed by atoms with Crippen LogP contribution in [0.25, 0.3) is 0 Å². The van der Waals surface area contributed by atoms with Crippen molar-refractivity contribution in [3.63, 3.8) is 0 Å². The van der Waals surface area contributed by atoms with E-state index in [2.05, 4.69) is 43.5 Å². The topological polar surface area (TPSA) is 85.6 Å². The third kappa shape index (κ3) is 5.18. The smallest absolute Gasteiger partial charge is 0.237 e. The van der Waals surface area contributed by atoms with Crippen molar-refractivity contribution in [3.8, 4) is 17.2 Å². The second-order valence-electron chi connectivity index (χ2n) is 8.97. The number of ether oxygens (including phenoxy) is 2. The van der Waals surface area contributed by atoms with Crippen molar-refractivity contribution in [3.05, 3.63) is 82.4 Å². The summed E-state index contributed by atoms with van der Waals surface area (Å²) >= 11 is 0. The van der Waals surface area contributed by atoms with Crippen LogP contribution in [0.5, 0.6) is 17.2 Å². The van der Waals surface area contributed by atoms with Crippen LogP contribution in [0.3, 0.4) is 0 Å². The lowest BCUT2D eigenvalue weighted by atomic mass is 9.93. The third-order valence-corrected chi connectivity index (χ3v) is 6.36. The standard InChI is InChI=1S/C28H33N3O3/c1-17-13-18(2)21(19(3)14-17)16-23(29)28(32)31-25-11-12-30-24-10-9-20(15-22(24)25)34-27-8-6-5-7-26(27)33-4/h5-10,13-15,23,25,30H,11-12,16,29H2,1-4H3,(H,31,32). The Morgan fingerprint density at radius 3 is 2.50 bits per heavy atom. The van der Waals surface area contributed by atoms with Crippen LogP contribution in [0, 0.1) is 20.8 Å². The highest BCUT2D eigenvalue weighted by molar-refractivity contribution is 5.82. The molecule has 2 atom stereocenters. The quantitative estimate of drug-likeness (QED) is 0.465. The largest absolute Gasteiger partial charge is 0.493 e. The Balaban J connectivity index is 1.50. The summed E-state index contributed by atoms with van der Waals surface area (Å²) in [4.78, 5) is 13.1. The maximum Gasteiger partial charge on any atom is 0.237 e. The molecular formula is C28H33N3O3. The second kappa shape index (κ2) is 10.2. The zero-order valence-corrected chi connectivity index (χ0v) is 20.3. The van der Waals surface area contributed by atoms with Gasteiger partial charge in [0.1, 0.15) is 5.75 Å². The molecule has 1 aliphatic heterocycles. The minimum atomic E-state index is -0.619. The molecule has 0 spiro atoms. The fourth-order valence-electron chi connectivity index (χ4n) is 4.66. The van der Waals surface area contributed by atoms with E-state index in [4.69, 9.17) is 15.2 Å². The van der Waals surface area contributed by atoms with E-state index < -0.39 is 6.04 Å². The highest BCUT2D eigenvalue weighted by Gasteiger charge is 2.25. The summed E-state index contributed by atoms with van der Waals surface area (Å²) < 4.78 is 11.5. The molecular weight excluding hydrogens is 426 g/mol. The van der Waals surface area contributed by atoms with Crippen molar-refractivity contribution >= 4 is 11.6 Å². The zero-order valence-electron chi connectivity index (χ0n) is 20.3. The van der Waals surface area contributed by atoms with E-state index in [1.54, 1.807) is 7.11 Å². The molecule has 34 heavy (non-hydrogen) atoms. The van der Waals surface area contributed by atoms with Crippen LogP contribution in [0.1, 0.15) is 40.3 Å². The monoisotopic (exact) mass is 459 g/mol. The molecule has 3 aromatic rings. The number of amides is 1. The molecule has 2 unspecified atom stereocenters. The molecule has 0 radical (unpaired) electrons. The average molecular weight is 460 g/mol. The number of hydrogen-bond donors (Lipinski definition) is 3. The highest BCUT2D eigenvalue weighted by Crippen LogP contribution is 2.36. The van der Waals surface area contributed by atoms with Crippen molar-refractivity contribution in [1.82, 2.24) is 5.32 Å². The number of anilines is 1. The van der Waals surface area contributed by atoms with E-state index in [0.717, 1.165) is 29.8 Å². The Morgan fingerprint density at radius 2 is 1.79 bits per heavy atom. The number of fused-ring (bicyclic) bond motifs is 1. The van der Waals surface area contributed by atoms with E-state index in [9.17, 15) is 4.79 Å². The average Bonchev–Trinajstić information content (AvgIpc) is 2.82. The van der Waals surface area contributed by atoms with Gasteiger partial charge in [-0.1, -0.05) is 29.8 Å². The fourth-order valence-corrected chi connectivity index (χ4v) is 4.66. The second-order valence-corrected chi connectivity index (χ2v) is 8.97. The molecule has 0 saturated carbocycles. The lowest BCUT2D eigenvalue weighted by molar-refractivity contribution is -0.123. The van der Waals surface area contributed by atoms with Crippen LogP contribution >= 0.6 is 0 Å². The molecule has 0 saturated heterocycles. The van der Waals surface area contributed by atoms with E-state index >= 15 is 0 Å². The molecule has 4 rings (SSSR count). The lowest BCUT2D eigenvalue weighted by Crippen LogP contribution is -2.44. The Labute approximate surface area is 201 Å². The molecule has 178 valence electrons. The summed E-state index contributed by atoms with van der Waals surface area (Å²) in [6.07, 6.45) is 1.28. The highest BCUT2D eigenvalue weighted by atomic mass is 16.5. The zero-order chi connectivity index (χ0) is 24.2. The van der Waals surface area contributed by atoms with Crippen molar-refractivity contribution in [2.75, 3.05) is 19.0 Å². The number of methoxy groups -OCH3 is 1. The first-order chi connectivity index (χ1) is 16.4. The minimum absolute atomic E-state index is 0.142. The van der Waals surface area contributed by atoms with Crippen LogP contribution in [0.4, 0.5) is 5.69 Å². The number of hydrogen-bond acceptors (Lipinski definition) is 5. The van der Waals surface area contributed by atoms with Gasteiger partial charge in [-0.25, -0.2) is 0 Å². The fraction of sp³-hybridized carbons (Fsp3) is 0.321. The summed E-state index contributed by atoms with van der Waals surface area (Å²) in [5.41, 5.74) is 13.0. The van der Waals surface area contributed by atoms with Crippen LogP contribution in [-0.2, 0) is 11.2 Å². The van der Waals surface area contributed by atoms with E-state index in [0.29, 0.717) is 23.7 Å². The molecule has 1 heterocycles. The van der Waals surface area contributed by atoms with Crippen LogP contribution in [0.15, 0.2) is 54.6 Å². The predicted molar refractivity (Wildman–Crippen MR) is 136 cm³/mol. The SMILES string of the molecule is COc1ccccc1Oc1ccc2c(c1)C(NC(=O)C(N)Cc1c(C)cc(C)cc1C)CCN2. The van der Waals surface area contributed by atoms with Crippen molar-refractivity contribution in [1.29, 1.82) is 0 Å². The van der Waals surface area contributed by atoms with Gasteiger partial charge in [0, 0.05) is 17.8 Å². The number of aryl methyl sites for hydroxylation is 3. The molecule has 6 nitrogen and oxygen atoms in total.